The monoisotopic (exact) mass is 285 g/mol. The molecule has 0 spiro atoms. The lowest BCUT2D eigenvalue weighted by molar-refractivity contribution is 0.0510. The minimum atomic E-state index is -0.553. The van der Waals surface area contributed by atoms with Crippen molar-refractivity contribution in [1.82, 2.24) is 15.3 Å². The van der Waals surface area contributed by atoms with Gasteiger partial charge in [-0.05, 0) is 45.0 Å². The van der Waals surface area contributed by atoms with E-state index in [1.54, 1.807) is 12.4 Å². The lowest BCUT2D eigenvalue weighted by atomic mass is 10.1. The number of rotatable bonds is 3. The van der Waals surface area contributed by atoms with Crippen LogP contribution in [0.5, 0.6) is 0 Å². The number of carbonyl (C=O) groups excluding carboxylic acids is 1. The lowest BCUT2D eigenvalue weighted by Gasteiger charge is -2.23. The summed E-state index contributed by atoms with van der Waals surface area (Å²) < 4.78 is 5.31. The molecule has 0 aliphatic rings. The predicted molar refractivity (Wildman–Crippen MR) is 79.7 cm³/mol. The molecule has 2 rings (SSSR count). The molecule has 2 aromatic heterocycles. The molecule has 110 valence electrons. The van der Waals surface area contributed by atoms with Gasteiger partial charge in [0, 0.05) is 12.4 Å². The highest BCUT2D eigenvalue weighted by molar-refractivity contribution is 5.68. The minimum Gasteiger partial charge on any atom is -0.444 e. The van der Waals surface area contributed by atoms with Crippen LogP contribution in [0.2, 0.25) is 0 Å². The van der Waals surface area contributed by atoms with Gasteiger partial charge in [0.05, 0.1) is 11.4 Å². The summed E-state index contributed by atoms with van der Waals surface area (Å²) in [6.45, 7) is 5.47. The van der Waals surface area contributed by atoms with Crippen molar-refractivity contribution in [1.29, 1.82) is 0 Å². The first-order valence-electron chi connectivity index (χ1n) is 6.77. The van der Waals surface area contributed by atoms with Crippen LogP contribution in [0, 0.1) is 0 Å². The molecule has 0 saturated carbocycles. The Balaban J connectivity index is 2.24. The van der Waals surface area contributed by atoms with Gasteiger partial charge < -0.3 is 10.1 Å². The summed E-state index contributed by atoms with van der Waals surface area (Å²) >= 11 is 0. The van der Waals surface area contributed by atoms with Crippen LogP contribution in [-0.4, -0.2) is 21.7 Å². The van der Waals surface area contributed by atoms with Gasteiger partial charge in [-0.2, -0.15) is 0 Å². The number of nitrogens with zero attached hydrogens (tertiary/aromatic N) is 2. The number of carbonyl (C=O) groups is 1. The van der Waals surface area contributed by atoms with E-state index in [1.165, 1.54) is 0 Å². The molecule has 5 heteroatoms. The Hall–Kier alpha value is -2.43. The third-order valence-electron chi connectivity index (χ3n) is 2.63. The van der Waals surface area contributed by atoms with Crippen LogP contribution in [0.25, 0.3) is 0 Å². The van der Waals surface area contributed by atoms with E-state index in [0.29, 0.717) is 11.4 Å². The average molecular weight is 285 g/mol. The smallest absolute Gasteiger partial charge is 0.408 e. The summed E-state index contributed by atoms with van der Waals surface area (Å²) in [7, 11) is 0. The molecule has 0 aliphatic carbocycles. The van der Waals surface area contributed by atoms with Gasteiger partial charge in [-0.3, -0.25) is 9.97 Å². The molecular formula is C16H19N3O2. The van der Waals surface area contributed by atoms with Crippen molar-refractivity contribution in [3.05, 3.63) is 60.2 Å². The number of ether oxygens (including phenoxy) is 1. The number of aromatic nitrogens is 2. The van der Waals surface area contributed by atoms with Crippen molar-refractivity contribution in [3.8, 4) is 0 Å². The molecule has 0 bridgehead atoms. The van der Waals surface area contributed by atoms with E-state index < -0.39 is 17.7 Å². The van der Waals surface area contributed by atoms with Gasteiger partial charge in [0.1, 0.15) is 11.6 Å². The Bertz CT molecular complexity index is 540. The van der Waals surface area contributed by atoms with Crippen LogP contribution in [-0.2, 0) is 4.74 Å². The molecule has 21 heavy (non-hydrogen) atoms. The number of pyridine rings is 2. The van der Waals surface area contributed by atoms with E-state index in [4.69, 9.17) is 4.74 Å². The maximum Gasteiger partial charge on any atom is 0.408 e. The summed E-state index contributed by atoms with van der Waals surface area (Å²) in [5, 5.41) is 2.82. The first-order chi connectivity index (χ1) is 9.96. The summed E-state index contributed by atoms with van der Waals surface area (Å²) in [5.74, 6) is 0. The number of hydrogen-bond donors (Lipinski definition) is 1. The fourth-order valence-electron chi connectivity index (χ4n) is 1.82. The van der Waals surface area contributed by atoms with Crippen LogP contribution in [0.15, 0.2) is 48.8 Å². The predicted octanol–water partition coefficient (Wildman–Crippen LogP) is 3.09. The molecule has 0 fully saturated rings. The quantitative estimate of drug-likeness (QED) is 0.941. The normalized spacial score (nSPS) is 11.2. The van der Waals surface area contributed by atoms with E-state index >= 15 is 0 Å². The maximum atomic E-state index is 12.0. The zero-order valence-electron chi connectivity index (χ0n) is 12.4. The van der Waals surface area contributed by atoms with Crippen LogP contribution in [0.4, 0.5) is 4.79 Å². The zero-order chi connectivity index (χ0) is 15.3. The molecule has 0 unspecified atom stereocenters. The third-order valence-corrected chi connectivity index (χ3v) is 2.63. The largest absolute Gasteiger partial charge is 0.444 e. The molecule has 0 aromatic carbocycles. The second-order valence-electron chi connectivity index (χ2n) is 5.59. The van der Waals surface area contributed by atoms with Gasteiger partial charge >= 0.3 is 6.09 Å². The van der Waals surface area contributed by atoms with Crippen molar-refractivity contribution in [3.63, 3.8) is 0 Å². The number of alkyl carbamates (subject to hydrolysis) is 1. The van der Waals surface area contributed by atoms with E-state index in [9.17, 15) is 4.79 Å². The second kappa shape index (κ2) is 6.35. The van der Waals surface area contributed by atoms with Gasteiger partial charge in [-0.15, -0.1) is 0 Å². The molecule has 1 N–H and O–H groups in total. The summed E-state index contributed by atoms with van der Waals surface area (Å²) in [6, 6.07) is 10.6. The number of amides is 1. The molecule has 2 aromatic rings. The maximum absolute atomic E-state index is 12.0. The summed E-state index contributed by atoms with van der Waals surface area (Å²) in [4.78, 5) is 20.6. The van der Waals surface area contributed by atoms with Gasteiger partial charge in [0.2, 0.25) is 0 Å². The van der Waals surface area contributed by atoms with E-state index in [1.807, 2.05) is 57.2 Å². The van der Waals surface area contributed by atoms with Crippen LogP contribution >= 0.6 is 0 Å². The van der Waals surface area contributed by atoms with Gasteiger partial charge in [0.15, 0.2) is 0 Å². The van der Waals surface area contributed by atoms with Crippen molar-refractivity contribution < 1.29 is 9.53 Å². The van der Waals surface area contributed by atoms with Crippen molar-refractivity contribution >= 4 is 6.09 Å². The van der Waals surface area contributed by atoms with Crippen LogP contribution < -0.4 is 5.32 Å². The molecule has 0 radical (unpaired) electrons. The van der Waals surface area contributed by atoms with E-state index in [2.05, 4.69) is 15.3 Å². The number of nitrogens with one attached hydrogen (secondary N) is 1. The number of hydrogen-bond acceptors (Lipinski definition) is 4. The third kappa shape index (κ3) is 4.56. The molecule has 0 atom stereocenters. The Labute approximate surface area is 124 Å². The second-order valence-corrected chi connectivity index (χ2v) is 5.59. The minimum absolute atomic E-state index is 0.442. The highest BCUT2D eigenvalue weighted by Crippen LogP contribution is 2.19. The Morgan fingerprint density at radius 1 is 1.05 bits per heavy atom. The standard InChI is InChI=1S/C16H19N3O2/c1-16(2,3)21-15(20)19-14(12-8-4-6-10-17-12)13-9-5-7-11-18-13/h4-11,14H,1-3H3,(H,19,20). The first-order valence-corrected chi connectivity index (χ1v) is 6.77. The fourth-order valence-corrected chi connectivity index (χ4v) is 1.82. The molecule has 0 saturated heterocycles. The summed E-state index contributed by atoms with van der Waals surface area (Å²) in [6.07, 6.45) is 2.87. The molecule has 1 amide bonds. The fraction of sp³-hybridized carbons (Fsp3) is 0.312. The van der Waals surface area contributed by atoms with Crippen molar-refractivity contribution in [2.24, 2.45) is 0 Å². The van der Waals surface area contributed by atoms with Crippen LogP contribution in [0.1, 0.15) is 38.2 Å². The molecule has 0 aliphatic heterocycles. The van der Waals surface area contributed by atoms with Crippen molar-refractivity contribution in [2.75, 3.05) is 0 Å². The molecule has 5 nitrogen and oxygen atoms in total. The van der Waals surface area contributed by atoms with Gasteiger partial charge in [-0.1, -0.05) is 12.1 Å². The van der Waals surface area contributed by atoms with Gasteiger partial charge in [0.25, 0.3) is 0 Å². The zero-order valence-corrected chi connectivity index (χ0v) is 12.4. The lowest BCUT2D eigenvalue weighted by Crippen LogP contribution is -2.36. The topological polar surface area (TPSA) is 64.1 Å². The van der Waals surface area contributed by atoms with E-state index in [0.717, 1.165) is 0 Å². The van der Waals surface area contributed by atoms with E-state index in [-0.39, 0.29) is 0 Å². The first kappa shape index (κ1) is 15.0. The SMILES string of the molecule is CC(C)(C)OC(=O)NC(c1ccccn1)c1ccccn1. The summed E-state index contributed by atoms with van der Waals surface area (Å²) in [5.41, 5.74) is 0.868. The highest BCUT2D eigenvalue weighted by atomic mass is 16.6. The van der Waals surface area contributed by atoms with Gasteiger partial charge in [-0.25, -0.2) is 4.79 Å². The molecule has 2 heterocycles. The molecular weight excluding hydrogens is 266 g/mol. The average Bonchev–Trinajstić information content (AvgIpc) is 2.45. The van der Waals surface area contributed by atoms with Crippen LogP contribution in [0.3, 0.4) is 0 Å². The highest BCUT2D eigenvalue weighted by Gasteiger charge is 2.23. The Morgan fingerprint density at radius 3 is 1.95 bits per heavy atom. The van der Waals surface area contributed by atoms with Crippen molar-refractivity contribution in [2.45, 2.75) is 32.4 Å². The Kier molecular flexibility index (Phi) is 4.52. The Morgan fingerprint density at radius 2 is 1.57 bits per heavy atom.